The van der Waals surface area contributed by atoms with Crippen LogP contribution in [0.2, 0.25) is 10.0 Å². The molecule has 1 aliphatic heterocycles. The molecule has 3 heterocycles. The van der Waals surface area contributed by atoms with Gasteiger partial charge in [0.25, 0.3) is 11.5 Å². The summed E-state index contributed by atoms with van der Waals surface area (Å²) in [7, 11) is 0. The van der Waals surface area contributed by atoms with Gasteiger partial charge in [-0.15, -0.1) is 0 Å². The Morgan fingerprint density at radius 1 is 1.19 bits per heavy atom. The van der Waals surface area contributed by atoms with E-state index in [1.54, 1.807) is 0 Å². The van der Waals surface area contributed by atoms with Gasteiger partial charge in [-0.3, -0.25) is 15.0 Å². The lowest BCUT2D eigenvalue weighted by molar-refractivity contribution is 0.0834. The van der Waals surface area contributed by atoms with Crippen LogP contribution in [-0.2, 0) is 0 Å². The monoisotopic (exact) mass is 409 g/mol. The molecule has 11 heteroatoms. The molecule has 0 saturated heterocycles. The largest absolute Gasteiger partial charge is 0.382 e. The van der Waals surface area contributed by atoms with Crippen LogP contribution in [0, 0.1) is 0 Å². The van der Waals surface area contributed by atoms with E-state index in [0.29, 0.717) is 0 Å². The lowest BCUT2D eigenvalue weighted by Crippen LogP contribution is -2.64. The highest BCUT2D eigenvalue weighted by Crippen LogP contribution is 2.32. The van der Waals surface area contributed by atoms with Crippen LogP contribution >= 0.6 is 23.2 Å². The molecule has 142 valence electrons. The third kappa shape index (κ3) is 3.06. The smallest absolute Gasteiger partial charge is 0.293 e. The third-order valence-electron chi connectivity index (χ3n) is 4.82. The van der Waals surface area contributed by atoms with E-state index in [2.05, 4.69) is 26.0 Å². The number of nitrogens with two attached hydrogens (primary N) is 1. The second kappa shape index (κ2) is 6.58. The molecule has 0 bridgehead atoms. The molecule has 0 aromatic carbocycles. The number of carbonyl (C=O) groups is 1. The Kier molecular flexibility index (Phi) is 4.35. The van der Waals surface area contributed by atoms with Crippen LogP contribution in [0.1, 0.15) is 42.6 Å². The minimum Gasteiger partial charge on any atom is -0.382 e. The van der Waals surface area contributed by atoms with Crippen LogP contribution in [-0.4, -0.2) is 26.2 Å². The summed E-state index contributed by atoms with van der Waals surface area (Å²) in [6.45, 7) is 0. The van der Waals surface area contributed by atoms with Crippen LogP contribution in [0.4, 0.5) is 17.3 Å². The first-order valence-electron chi connectivity index (χ1n) is 8.49. The van der Waals surface area contributed by atoms with Crippen molar-refractivity contribution in [2.24, 2.45) is 0 Å². The zero-order chi connectivity index (χ0) is 19.2. The first kappa shape index (κ1) is 17.9. The van der Waals surface area contributed by atoms with Gasteiger partial charge in [0.05, 0.1) is 5.02 Å². The number of amides is 1. The van der Waals surface area contributed by atoms with Crippen LogP contribution in [0.3, 0.4) is 0 Å². The number of anilines is 3. The Morgan fingerprint density at radius 2 is 1.93 bits per heavy atom. The molecule has 1 aliphatic carbocycles. The van der Waals surface area contributed by atoms with Crippen LogP contribution in [0.5, 0.6) is 0 Å². The highest BCUT2D eigenvalue weighted by molar-refractivity contribution is 6.35. The normalized spacial score (nSPS) is 17.8. The molecule has 0 atom stereocenters. The fraction of sp³-hybridized carbons (Fsp3) is 0.375. The van der Waals surface area contributed by atoms with E-state index in [4.69, 9.17) is 28.9 Å². The van der Waals surface area contributed by atoms with Crippen molar-refractivity contribution in [3.8, 4) is 0 Å². The van der Waals surface area contributed by atoms with Gasteiger partial charge in [-0.1, -0.05) is 29.6 Å². The Balaban J connectivity index is 1.78. The third-order valence-corrected chi connectivity index (χ3v) is 5.49. The standard InChI is InChI=1S/C16H17Cl2N7O2/c17-8-6-9(22-13-10(18)12(19)20-7-21-13)15(27)25-11(8)14(26)23-16(24-25)4-2-1-3-5-16/h6-7,24H,1-5H2,(H,23,26)(H3,19,20,21,22). The van der Waals surface area contributed by atoms with E-state index in [1.165, 1.54) is 17.1 Å². The minimum absolute atomic E-state index is 0.0664. The first-order valence-corrected chi connectivity index (χ1v) is 9.25. The van der Waals surface area contributed by atoms with E-state index >= 15 is 0 Å². The first-order chi connectivity index (χ1) is 12.9. The zero-order valence-electron chi connectivity index (χ0n) is 14.2. The number of nitrogen functional groups attached to an aromatic ring is 1. The SMILES string of the molecule is Nc1ncnc(Nc2cc(Cl)c3n(c2=O)NC2(CCCCC2)NC3=O)c1Cl. The predicted octanol–water partition coefficient (Wildman–Crippen LogP) is 2.22. The molecule has 2 aromatic rings. The molecule has 2 aliphatic rings. The van der Waals surface area contributed by atoms with Crippen molar-refractivity contribution in [3.63, 3.8) is 0 Å². The lowest BCUT2D eigenvalue weighted by Gasteiger charge is -2.43. The van der Waals surface area contributed by atoms with Gasteiger partial charge in [0.15, 0.2) is 5.82 Å². The fourth-order valence-corrected chi connectivity index (χ4v) is 3.92. The predicted molar refractivity (Wildman–Crippen MR) is 103 cm³/mol. The Morgan fingerprint density at radius 3 is 2.67 bits per heavy atom. The van der Waals surface area contributed by atoms with Crippen molar-refractivity contribution < 1.29 is 4.79 Å². The molecule has 2 aromatic heterocycles. The van der Waals surface area contributed by atoms with E-state index in [-0.39, 0.29) is 39.0 Å². The van der Waals surface area contributed by atoms with Crippen molar-refractivity contribution in [2.45, 2.75) is 37.8 Å². The zero-order valence-corrected chi connectivity index (χ0v) is 15.7. The van der Waals surface area contributed by atoms with Gasteiger partial charge in [-0.05, 0) is 31.7 Å². The summed E-state index contributed by atoms with van der Waals surface area (Å²) in [5.74, 6) is -0.129. The van der Waals surface area contributed by atoms with Crippen molar-refractivity contribution in [1.82, 2.24) is 20.0 Å². The van der Waals surface area contributed by atoms with Crippen LogP contribution < -0.4 is 27.4 Å². The van der Waals surface area contributed by atoms with Crippen molar-refractivity contribution >= 4 is 46.4 Å². The number of hydrogen-bond donors (Lipinski definition) is 4. The van der Waals surface area contributed by atoms with Crippen LogP contribution in [0.15, 0.2) is 17.2 Å². The van der Waals surface area contributed by atoms with E-state index in [1.807, 2.05) is 0 Å². The number of halogens is 2. The van der Waals surface area contributed by atoms with Gasteiger partial charge < -0.3 is 16.4 Å². The molecule has 1 saturated carbocycles. The molecular weight excluding hydrogens is 393 g/mol. The maximum Gasteiger partial charge on any atom is 0.293 e. The molecule has 27 heavy (non-hydrogen) atoms. The minimum atomic E-state index is -0.648. The van der Waals surface area contributed by atoms with Gasteiger partial charge in [-0.2, -0.15) is 0 Å². The molecule has 1 fully saturated rings. The highest BCUT2D eigenvalue weighted by Gasteiger charge is 2.40. The summed E-state index contributed by atoms with van der Waals surface area (Å²) in [5.41, 5.74) is 7.89. The van der Waals surface area contributed by atoms with Crippen molar-refractivity contribution in [1.29, 1.82) is 0 Å². The Bertz CT molecular complexity index is 985. The summed E-state index contributed by atoms with van der Waals surface area (Å²) in [6.07, 6.45) is 5.70. The fourth-order valence-electron chi connectivity index (χ4n) is 3.50. The topological polar surface area (TPSA) is 127 Å². The number of carbonyl (C=O) groups excluding carboxylic acids is 1. The quantitative estimate of drug-likeness (QED) is 0.598. The number of pyridine rings is 1. The number of fused-ring (bicyclic) bond motifs is 1. The van der Waals surface area contributed by atoms with E-state index < -0.39 is 11.2 Å². The number of aromatic nitrogens is 3. The number of rotatable bonds is 2. The molecule has 0 unspecified atom stereocenters. The number of hydrogen-bond acceptors (Lipinski definition) is 7. The van der Waals surface area contributed by atoms with E-state index in [9.17, 15) is 9.59 Å². The summed E-state index contributed by atoms with van der Waals surface area (Å²) in [4.78, 5) is 33.4. The summed E-state index contributed by atoms with van der Waals surface area (Å²) >= 11 is 12.4. The second-order valence-electron chi connectivity index (χ2n) is 6.65. The Hall–Kier alpha value is -2.52. The molecule has 5 N–H and O–H groups in total. The molecular formula is C16H17Cl2N7O2. The molecule has 0 radical (unpaired) electrons. The molecule has 1 spiro atoms. The second-order valence-corrected chi connectivity index (χ2v) is 7.44. The van der Waals surface area contributed by atoms with Gasteiger partial charge in [0.2, 0.25) is 0 Å². The van der Waals surface area contributed by atoms with Gasteiger partial charge in [0, 0.05) is 0 Å². The average molecular weight is 410 g/mol. The molecule has 9 nitrogen and oxygen atoms in total. The van der Waals surface area contributed by atoms with Crippen molar-refractivity contribution in [3.05, 3.63) is 38.5 Å². The summed E-state index contributed by atoms with van der Waals surface area (Å²) in [5, 5.41) is 6.00. The summed E-state index contributed by atoms with van der Waals surface area (Å²) < 4.78 is 1.20. The van der Waals surface area contributed by atoms with Crippen LogP contribution in [0.25, 0.3) is 0 Å². The van der Waals surface area contributed by atoms with E-state index in [0.717, 1.165) is 32.1 Å². The number of nitrogens with one attached hydrogen (secondary N) is 3. The number of nitrogens with zero attached hydrogens (tertiary/aromatic N) is 3. The van der Waals surface area contributed by atoms with Gasteiger partial charge in [0.1, 0.15) is 34.2 Å². The molecule has 1 amide bonds. The average Bonchev–Trinajstić information content (AvgIpc) is 2.63. The maximum absolute atomic E-state index is 13.0. The summed E-state index contributed by atoms with van der Waals surface area (Å²) in [6, 6.07) is 1.37. The molecule has 4 rings (SSSR count). The van der Waals surface area contributed by atoms with Gasteiger partial charge >= 0.3 is 0 Å². The Labute approximate surface area is 164 Å². The highest BCUT2D eigenvalue weighted by atomic mass is 35.5. The van der Waals surface area contributed by atoms with Crippen molar-refractivity contribution in [2.75, 3.05) is 16.5 Å². The van der Waals surface area contributed by atoms with Gasteiger partial charge in [-0.25, -0.2) is 14.6 Å². The maximum atomic E-state index is 13.0. The lowest BCUT2D eigenvalue weighted by atomic mass is 9.88.